The van der Waals surface area contributed by atoms with Crippen molar-refractivity contribution in [2.75, 3.05) is 5.75 Å². The van der Waals surface area contributed by atoms with Crippen molar-refractivity contribution in [3.05, 3.63) is 10.6 Å². The third-order valence-corrected chi connectivity index (χ3v) is 6.52. The number of carbonyl (C=O) groups is 1. The van der Waals surface area contributed by atoms with Crippen molar-refractivity contribution in [1.29, 1.82) is 10.5 Å². The summed E-state index contributed by atoms with van der Waals surface area (Å²) >= 11 is 1.58. The first-order chi connectivity index (χ1) is 11.6. The highest BCUT2D eigenvalue weighted by molar-refractivity contribution is 8.03. The van der Waals surface area contributed by atoms with E-state index in [-0.39, 0.29) is 5.91 Å². The van der Waals surface area contributed by atoms with E-state index in [1.165, 1.54) is 19.3 Å². The standard InChI is InChI=1S/C19H27N3OS/c1-3-4-5-6-11-24-18-16(13-21)19(9-7-14(2)8-10-19)15(12-20)17(23)22-18/h14-15H,3-11H2,1-2H3,(H,22,23). The Kier molecular flexibility index (Phi) is 6.75. The average Bonchev–Trinajstić information content (AvgIpc) is 2.57. The Bertz CT molecular complexity index is 576. The van der Waals surface area contributed by atoms with Crippen LogP contribution in [0.3, 0.4) is 0 Å². The van der Waals surface area contributed by atoms with Crippen LogP contribution in [0.2, 0.25) is 0 Å². The Morgan fingerprint density at radius 2 is 1.96 bits per heavy atom. The second kappa shape index (κ2) is 8.58. The Balaban J connectivity index is 2.24. The molecular formula is C19H27N3OS. The summed E-state index contributed by atoms with van der Waals surface area (Å²) in [6.45, 7) is 4.39. The minimum absolute atomic E-state index is 0.220. The molecule has 0 aromatic heterocycles. The number of rotatable bonds is 6. The molecule has 1 N–H and O–H groups in total. The fraction of sp³-hybridized carbons (Fsp3) is 0.737. The average molecular weight is 346 g/mol. The van der Waals surface area contributed by atoms with E-state index in [1.807, 2.05) is 0 Å². The van der Waals surface area contributed by atoms with Gasteiger partial charge in [-0.1, -0.05) is 33.1 Å². The fourth-order valence-electron chi connectivity index (χ4n) is 3.84. The topological polar surface area (TPSA) is 76.7 Å². The summed E-state index contributed by atoms with van der Waals surface area (Å²) in [5, 5.41) is 22.9. The zero-order chi connectivity index (χ0) is 17.6. The van der Waals surface area contributed by atoms with Gasteiger partial charge < -0.3 is 5.32 Å². The molecule has 1 saturated carbocycles. The summed E-state index contributed by atoms with van der Waals surface area (Å²) in [5.41, 5.74) is 0.0884. The zero-order valence-electron chi connectivity index (χ0n) is 14.7. The first kappa shape index (κ1) is 18.9. The van der Waals surface area contributed by atoms with E-state index in [2.05, 4.69) is 31.3 Å². The van der Waals surface area contributed by atoms with E-state index in [4.69, 9.17) is 0 Å². The number of unbranched alkanes of at least 4 members (excludes halogenated alkanes) is 3. The van der Waals surface area contributed by atoms with E-state index in [0.29, 0.717) is 16.5 Å². The number of nitriles is 2. The van der Waals surface area contributed by atoms with Gasteiger partial charge in [0, 0.05) is 5.41 Å². The molecule has 0 aromatic carbocycles. The molecule has 1 aliphatic heterocycles. The molecule has 0 saturated heterocycles. The summed E-state index contributed by atoms with van der Waals surface area (Å²) in [5.74, 6) is 0.557. The fourth-order valence-corrected chi connectivity index (χ4v) is 4.96. The van der Waals surface area contributed by atoms with Crippen LogP contribution in [0, 0.1) is 39.9 Å². The van der Waals surface area contributed by atoms with Gasteiger partial charge in [-0.2, -0.15) is 10.5 Å². The number of nitrogens with one attached hydrogen (secondary N) is 1. The lowest BCUT2D eigenvalue weighted by molar-refractivity contribution is -0.127. The smallest absolute Gasteiger partial charge is 0.243 e. The third-order valence-electron chi connectivity index (χ3n) is 5.43. The van der Waals surface area contributed by atoms with Crippen LogP contribution in [0.15, 0.2) is 10.6 Å². The Hall–Kier alpha value is -1.46. The van der Waals surface area contributed by atoms with Crippen LogP contribution in [-0.2, 0) is 4.79 Å². The molecule has 1 heterocycles. The predicted octanol–water partition coefficient (Wildman–Crippen LogP) is 4.50. The number of amides is 1. The second-order valence-electron chi connectivity index (χ2n) is 7.12. The number of hydrogen-bond acceptors (Lipinski definition) is 4. The molecule has 1 aliphatic carbocycles. The van der Waals surface area contributed by atoms with Gasteiger partial charge >= 0.3 is 0 Å². The van der Waals surface area contributed by atoms with Crippen LogP contribution in [0.5, 0.6) is 0 Å². The van der Waals surface area contributed by atoms with Crippen molar-refractivity contribution < 1.29 is 4.79 Å². The maximum absolute atomic E-state index is 12.5. The van der Waals surface area contributed by atoms with Crippen molar-refractivity contribution >= 4 is 17.7 Å². The molecule has 4 nitrogen and oxygen atoms in total. The highest BCUT2D eigenvalue weighted by Gasteiger charge is 2.52. The lowest BCUT2D eigenvalue weighted by Crippen LogP contribution is -2.49. The third kappa shape index (κ3) is 3.78. The summed E-state index contributed by atoms with van der Waals surface area (Å²) in [4.78, 5) is 12.5. The van der Waals surface area contributed by atoms with Crippen LogP contribution < -0.4 is 5.32 Å². The number of nitrogens with zero attached hydrogens (tertiary/aromatic N) is 2. The summed E-state index contributed by atoms with van der Waals surface area (Å²) < 4.78 is 0. The van der Waals surface area contributed by atoms with Crippen molar-refractivity contribution in [1.82, 2.24) is 5.32 Å². The van der Waals surface area contributed by atoms with Gasteiger partial charge in [-0.15, -0.1) is 11.8 Å². The SMILES string of the molecule is CCCCCCSC1=C(C#N)C2(CCC(C)CC2)C(C#N)C(=O)N1. The first-order valence-electron chi connectivity index (χ1n) is 9.07. The van der Waals surface area contributed by atoms with Crippen LogP contribution in [-0.4, -0.2) is 11.7 Å². The highest BCUT2D eigenvalue weighted by atomic mass is 32.2. The van der Waals surface area contributed by atoms with Gasteiger partial charge in [0.2, 0.25) is 5.91 Å². The molecule has 2 aliphatic rings. The molecule has 1 atom stereocenters. The zero-order valence-corrected chi connectivity index (χ0v) is 15.5. The molecule has 0 aromatic rings. The number of allylic oxidation sites excluding steroid dienone is 1. The van der Waals surface area contributed by atoms with E-state index in [9.17, 15) is 15.3 Å². The van der Waals surface area contributed by atoms with Gasteiger partial charge in [-0.3, -0.25) is 4.79 Å². The first-order valence-corrected chi connectivity index (χ1v) is 10.1. The number of hydrogen-bond donors (Lipinski definition) is 1. The van der Waals surface area contributed by atoms with Crippen LogP contribution in [0.25, 0.3) is 0 Å². The van der Waals surface area contributed by atoms with Crippen molar-refractivity contribution in [3.8, 4) is 12.1 Å². The van der Waals surface area contributed by atoms with E-state index >= 15 is 0 Å². The van der Waals surface area contributed by atoms with Gasteiger partial charge in [-0.25, -0.2) is 0 Å². The summed E-state index contributed by atoms with van der Waals surface area (Å²) in [6.07, 6.45) is 8.16. The number of carbonyl (C=O) groups excluding carboxylic acids is 1. The minimum Gasteiger partial charge on any atom is -0.319 e. The van der Waals surface area contributed by atoms with Gasteiger partial charge in [0.15, 0.2) is 0 Å². The molecule has 130 valence electrons. The van der Waals surface area contributed by atoms with E-state index < -0.39 is 11.3 Å². The monoisotopic (exact) mass is 345 g/mol. The van der Waals surface area contributed by atoms with Gasteiger partial charge in [0.05, 0.1) is 22.7 Å². The molecule has 1 unspecified atom stereocenters. The van der Waals surface area contributed by atoms with E-state index in [1.54, 1.807) is 11.8 Å². The molecule has 1 fully saturated rings. The van der Waals surface area contributed by atoms with Crippen molar-refractivity contribution in [2.24, 2.45) is 17.3 Å². The maximum atomic E-state index is 12.5. The summed E-state index contributed by atoms with van der Waals surface area (Å²) in [6, 6.07) is 4.55. The molecule has 5 heteroatoms. The molecule has 0 radical (unpaired) electrons. The Labute approximate surface area is 149 Å². The van der Waals surface area contributed by atoms with Gasteiger partial charge in [-0.05, 0) is 43.8 Å². The minimum atomic E-state index is -0.732. The Morgan fingerprint density at radius 3 is 2.54 bits per heavy atom. The van der Waals surface area contributed by atoms with Gasteiger partial charge in [0.25, 0.3) is 0 Å². The van der Waals surface area contributed by atoms with E-state index in [0.717, 1.165) is 37.9 Å². The largest absolute Gasteiger partial charge is 0.319 e. The predicted molar refractivity (Wildman–Crippen MR) is 96.5 cm³/mol. The van der Waals surface area contributed by atoms with Gasteiger partial charge in [0.1, 0.15) is 5.92 Å². The van der Waals surface area contributed by atoms with Crippen molar-refractivity contribution in [3.63, 3.8) is 0 Å². The van der Waals surface area contributed by atoms with Crippen LogP contribution >= 0.6 is 11.8 Å². The maximum Gasteiger partial charge on any atom is 0.243 e. The molecule has 1 amide bonds. The lowest BCUT2D eigenvalue weighted by Gasteiger charge is -2.44. The normalized spacial score (nSPS) is 29.9. The van der Waals surface area contributed by atoms with Crippen molar-refractivity contribution in [2.45, 2.75) is 65.2 Å². The molecular weight excluding hydrogens is 318 g/mol. The Morgan fingerprint density at radius 1 is 1.25 bits per heavy atom. The molecule has 0 bridgehead atoms. The highest BCUT2D eigenvalue weighted by Crippen LogP contribution is 2.53. The molecule has 1 spiro atoms. The molecule has 2 rings (SSSR count). The second-order valence-corrected chi connectivity index (χ2v) is 8.22. The van der Waals surface area contributed by atoms with Crippen LogP contribution in [0.4, 0.5) is 0 Å². The lowest BCUT2D eigenvalue weighted by atomic mass is 9.59. The summed E-state index contributed by atoms with van der Waals surface area (Å²) in [7, 11) is 0. The van der Waals surface area contributed by atoms with Crippen LogP contribution in [0.1, 0.15) is 65.2 Å². The quantitative estimate of drug-likeness (QED) is 0.719. The number of thioether (sulfide) groups is 1. The molecule has 24 heavy (non-hydrogen) atoms.